The molecule has 0 amide bonds. The number of halogens is 3. The van der Waals surface area contributed by atoms with Crippen LogP contribution < -0.4 is 0 Å². The molecular formula is C19H11F3. The highest BCUT2D eigenvalue weighted by atomic mass is 19.2. The van der Waals surface area contributed by atoms with Crippen molar-refractivity contribution in [2.75, 3.05) is 0 Å². The Morgan fingerprint density at radius 3 is 1.68 bits per heavy atom. The minimum Gasteiger partial charge on any atom is -0.207 e. The molecule has 4 rings (SSSR count). The topological polar surface area (TPSA) is 0 Å². The van der Waals surface area contributed by atoms with Gasteiger partial charge in [0, 0.05) is 11.5 Å². The quantitative estimate of drug-likeness (QED) is 0.420. The van der Waals surface area contributed by atoms with Gasteiger partial charge in [0.1, 0.15) is 5.82 Å². The third kappa shape index (κ3) is 1.72. The first-order valence-corrected chi connectivity index (χ1v) is 7.00. The van der Waals surface area contributed by atoms with E-state index in [9.17, 15) is 13.2 Å². The van der Waals surface area contributed by atoms with Crippen LogP contribution >= 0.6 is 0 Å². The Hall–Kier alpha value is -2.55. The van der Waals surface area contributed by atoms with Gasteiger partial charge in [0.25, 0.3) is 0 Å². The van der Waals surface area contributed by atoms with E-state index >= 15 is 0 Å². The number of fused-ring (bicyclic) bond motifs is 3. The van der Waals surface area contributed by atoms with Crippen molar-refractivity contribution in [1.29, 1.82) is 0 Å². The van der Waals surface area contributed by atoms with Crippen molar-refractivity contribution < 1.29 is 13.2 Å². The summed E-state index contributed by atoms with van der Waals surface area (Å²) in [5.41, 5.74) is 3.24. The summed E-state index contributed by atoms with van der Waals surface area (Å²) in [7, 11) is 0. The molecule has 0 heterocycles. The third-order valence-electron chi connectivity index (χ3n) is 4.20. The molecule has 0 atom stereocenters. The van der Waals surface area contributed by atoms with E-state index in [4.69, 9.17) is 0 Å². The fourth-order valence-electron chi connectivity index (χ4n) is 3.27. The third-order valence-corrected chi connectivity index (χ3v) is 4.20. The maximum Gasteiger partial charge on any atom is 0.165 e. The normalized spacial score (nSPS) is 13.0. The van der Waals surface area contributed by atoms with E-state index in [1.807, 2.05) is 48.5 Å². The predicted molar refractivity (Wildman–Crippen MR) is 79.1 cm³/mol. The minimum absolute atomic E-state index is 0.225. The van der Waals surface area contributed by atoms with Crippen LogP contribution in [0.4, 0.5) is 13.2 Å². The van der Waals surface area contributed by atoms with Crippen molar-refractivity contribution >= 4 is 0 Å². The molecule has 0 fully saturated rings. The van der Waals surface area contributed by atoms with Crippen LogP contribution in [0.3, 0.4) is 0 Å². The molecule has 0 radical (unpaired) electrons. The van der Waals surface area contributed by atoms with E-state index in [0.717, 1.165) is 34.4 Å². The standard InChI is InChI=1S/C19H11F3/c20-15-9-10-16(21)19(22)18(15)17-13-7-3-1-5-11(13)12-6-2-4-8-14(12)17/h1-10,17H. The highest BCUT2D eigenvalue weighted by Crippen LogP contribution is 2.48. The number of hydrogen-bond donors (Lipinski definition) is 0. The van der Waals surface area contributed by atoms with Gasteiger partial charge in [-0.15, -0.1) is 0 Å². The number of benzene rings is 3. The minimum atomic E-state index is -1.11. The molecule has 3 aromatic rings. The van der Waals surface area contributed by atoms with Crippen LogP contribution in [0.25, 0.3) is 11.1 Å². The summed E-state index contributed by atoms with van der Waals surface area (Å²) in [4.78, 5) is 0. The Labute approximate surface area is 125 Å². The summed E-state index contributed by atoms with van der Waals surface area (Å²) in [5.74, 6) is -3.49. The molecule has 0 spiro atoms. The number of rotatable bonds is 1. The zero-order valence-corrected chi connectivity index (χ0v) is 11.5. The van der Waals surface area contributed by atoms with Crippen molar-refractivity contribution in [3.05, 3.63) is 94.8 Å². The second-order valence-corrected chi connectivity index (χ2v) is 5.36. The molecule has 0 aromatic heterocycles. The predicted octanol–water partition coefficient (Wildman–Crippen LogP) is 5.26. The average molecular weight is 296 g/mol. The van der Waals surface area contributed by atoms with Crippen LogP contribution in [-0.4, -0.2) is 0 Å². The van der Waals surface area contributed by atoms with Gasteiger partial charge in [0.2, 0.25) is 0 Å². The molecule has 108 valence electrons. The molecule has 3 aromatic carbocycles. The summed E-state index contributed by atoms with van der Waals surface area (Å²) >= 11 is 0. The second-order valence-electron chi connectivity index (χ2n) is 5.36. The van der Waals surface area contributed by atoms with E-state index in [1.165, 1.54) is 0 Å². The molecule has 0 unspecified atom stereocenters. The lowest BCUT2D eigenvalue weighted by Gasteiger charge is -2.16. The highest BCUT2D eigenvalue weighted by molar-refractivity contribution is 5.80. The van der Waals surface area contributed by atoms with E-state index in [2.05, 4.69) is 0 Å². The van der Waals surface area contributed by atoms with Crippen LogP contribution in [-0.2, 0) is 0 Å². The van der Waals surface area contributed by atoms with Crippen molar-refractivity contribution in [1.82, 2.24) is 0 Å². The molecule has 0 saturated heterocycles. The van der Waals surface area contributed by atoms with Gasteiger partial charge in [-0.1, -0.05) is 48.5 Å². The molecular weight excluding hydrogens is 285 g/mol. The smallest absolute Gasteiger partial charge is 0.165 e. The van der Waals surface area contributed by atoms with Gasteiger partial charge in [0.15, 0.2) is 11.6 Å². The monoisotopic (exact) mass is 296 g/mol. The molecule has 1 aliphatic carbocycles. The van der Waals surface area contributed by atoms with Crippen LogP contribution in [0.5, 0.6) is 0 Å². The fraction of sp³-hybridized carbons (Fsp3) is 0.0526. The van der Waals surface area contributed by atoms with Crippen LogP contribution in [0.2, 0.25) is 0 Å². The van der Waals surface area contributed by atoms with Gasteiger partial charge in [-0.2, -0.15) is 0 Å². The molecule has 0 nitrogen and oxygen atoms in total. The van der Waals surface area contributed by atoms with Crippen LogP contribution in [0, 0.1) is 17.5 Å². The maximum atomic E-state index is 14.3. The lowest BCUT2D eigenvalue weighted by atomic mass is 9.88. The van der Waals surface area contributed by atoms with E-state index in [1.54, 1.807) is 0 Å². The Bertz CT molecular complexity index is 838. The van der Waals surface area contributed by atoms with Crippen molar-refractivity contribution in [3.8, 4) is 11.1 Å². The van der Waals surface area contributed by atoms with Crippen LogP contribution in [0.15, 0.2) is 60.7 Å². The summed E-state index contributed by atoms with van der Waals surface area (Å²) < 4.78 is 42.2. The van der Waals surface area contributed by atoms with Gasteiger partial charge in [-0.25, -0.2) is 13.2 Å². The van der Waals surface area contributed by atoms with Gasteiger partial charge in [-0.3, -0.25) is 0 Å². The van der Waals surface area contributed by atoms with E-state index in [0.29, 0.717) is 0 Å². The first kappa shape index (κ1) is 13.1. The first-order valence-electron chi connectivity index (χ1n) is 7.00. The lowest BCUT2D eigenvalue weighted by molar-refractivity contribution is 0.478. The Kier molecular flexibility index (Phi) is 2.83. The molecule has 0 N–H and O–H groups in total. The SMILES string of the molecule is Fc1ccc(F)c(C2c3ccccc3-c3ccccc32)c1F. The molecule has 22 heavy (non-hydrogen) atoms. The second kappa shape index (κ2) is 4.73. The molecule has 3 heteroatoms. The van der Waals surface area contributed by atoms with Crippen LogP contribution in [0.1, 0.15) is 22.6 Å². The summed E-state index contributed by atoms with van der Waals surface area (Å²) in [6.07, 6.45) is 0. The van der Waals surface area contributed by atoms with E-state index < -0.39 is 23.4 Å². The van der Waals surface area contributed by atoms with Gasteiger partial charge in [-0.05, 0) is 34.4 Å². The molecule has 1 aliphatic rings. The average Bonchev–Trinajstić information content (AvgIpc) is 2.87. The Morgan fingerprint density at radius 1 is 0.591 bits per heavy atom. The lowest BCUT2D eigenvalue weighted by Crippen LogP contribution is -2.07. The van der Waals surface area contributed by atoms with Crippen molar-refractivity contribution in [2.24, 2.45) is 0 Å². The zero-order valence-electron chi connectivity index (χ0n) is 11.5. The summed E-state index contributed by atoms with van der Waals surface area (Å²) in [5, 5.41) is 0. The fourth-order valence-corrected chi connectivity index (χ4v) is 3.27. The first-order chi connectivity index (χ1) is 10.7. The van der Waals surface area contributed by atoms with Gasteiger partial charge < -0.3 is 0 Å². The van der Waals surface area contributed by atoms with Crippen molar-refractivity contribution in [2.45, 2.75) is 5.92 Å². The Morgan fingerprint density at radius 2 is 1.09 bits per heavy atom. The van der Waals surface area contributed by atoms with Gasteiger partial charge >= 0.3 is 0 Å². The van der Waals surface area contributed by atoms with Gasteiger partial charge in [0.05, 0.1) is 0 Å². The molecule has 0 bridgehead atoms. The number of hydrogen-bond acceptors (Lipinski definition) is 0. The highest BCUT2D eigenvalue weighted by Gasteiger charge is 2.33. The summed E-state index contributed by atoms with van der Waals surface area (Å²) in [6.45, 7) is 0. The Balaban J connectivity index is 2.07. The maximum absolute atomic E-state index is 14.3. The largest absolute Gasteiger partial charge is 0.207 e. The summed E-state index contributed by atoms with van der Waals surface area (Å²) in [6, 6.07) is 16.7. The molecule has 0 aliphatic heterocycles. The zero-order chi connectivity index (χ0) is 15.3. The molecule has 0 saturated carbocycles. The van der Waals surface area contributed by atoms with E-state index in [-0.39, 0.29) is 5.56 Å². The van der Waals surface area contributed by atoms with Crippen molar-refractivity contribution in [3.63, 3.8) is 0 Å².